The number of carbonyl (C=O) groups is 2. The van der Waals surface area contributed by atoms with Gasteiger partial charge in [0.2, 0.25) is 0 Å². The second-order valence-electron chi connectivity index (χ2n) is 3.50. The number of nitrogens with zero attached hydrogens (tertiary/aromatic N) is 1. The fourth-order valence-corrected chi connectivity index (χ4v) is 1.24. The third kappa shape index (κ3) is 3.71. The van der Waals surface area contributed by atoms with E-state index in [9.17, 15) is 24.1 Å². The van der Waals surface area contributed by atoms with Crippen molar-refractivity contribution in [3.8, 4) is 0 Å². The van der Waals surface area contributed by atoms with Crippen LogP contribution in [0.1, 0.15) is 10.4 Å². The Kier molecular flexibility index (Phi) is 4.48. The molecule has 0 aliphatic heterocycles. The molecule has 1 amide bonds. The zero-order valence-electron chi connectivity index (χ0n) is 9.37. The molecule has 1 aromatic rings. The molecule has 1 rings (SSSR count). The second kappa shape index (κ2) is 5.87. The van der Waals surface area contributed by atoms with Crippen LogP contribution in [-0.2, 0) is 4.79 Å². The third-order valence-electron chi connectivity index (χ3n) is 2.14. The highest BCUT2D eigenvalue weighted by Crippen LogP contribution is 2.16. The van der Waals surface area contributed by atoms with Crippen LogP contribution in [0, 0.1) is 15.9 Å². The minimum absolute atomic E-state index is 0.411. The molecule has 1 aromatic carbocycles. The predicted molar refractivity (Wildman–Crippen MR) is 59.0 cm³/mol. The van der Waals surface area contributed by atoms with Gasteiger partial charge in [-0.3, -0.25) is 14.9 Å². The minimum Gasteiger partial charge on any atom is -0.480 e. The van der Waals surface area contributed by atoms with E-state index < -0.39 is 46.5 Å². The van der Waals surface area contributed by atoms with E-state index in [0.717, 1.165) is 12.1 Å². The lowest BCUT2D eigenvalue weighted by Crippen LogP contribution is -2.43. The van der Waals surface area contributed by atoms with Crippen LogP contribution in [0.4, 0.5) is 10.1 Å². The molecule has 8 nitrogen and oxygen atoms in total. The first kappa shape index (κ1) is 14.5. The Hall–Kier alpha value is -2.55. The smallest absolute Gasteiger partial charge is 0.328 e. The van der Waals surface area contributed by atoms with Crippen LogP contribution in [0.15, 0.2) is 18.2 Å². The number of halogens is 1. The molecule has 0 aromatic heterocycles. The predicted octanol–water partition coefficient (Wildman–Crippen LogP) is -0.0908. The first-order valence-electron chi connectivity index (χ1n) is 4.94. The van der Waals surface area contributed by atoms with E-state index in [1.54, 1.807) is 0 Å². The fraction of sp³-hybridized carbons (Fsp3) is 0.200. The summed E-state index contributed by atoms with van der Waals surface area (Å²) in [6.07, 6.45) is 0. The molecule has 19 heavy (non-hydrogen) atoms. The molecule has 0 aliphatic carbocycles. The van der Waals surface area contributed by atoms with Gasteiger partial charge < -0.3 is 15.5 Å². The molecular weight excluding hydrogens is 263 g/mol. The monoisotopic (exact) mass is 272 g/mol. The second-order valence-corrected chi connectivity index (χ2v) is 3.50. The highest BCUT2D eigenvalue weighted by molar-refractivity contribution is 5.97. The zero-order chi connectivity index (χ0) is 14.6. The molecule has 9 heteroatoms. The maximum absolute atomic E-state index is 13.1. The van der Waals surface area contributed by atoms with Crippen molar-refractivity contribution in [2.75, 3.05) is 6.61 Å². The van der Waals surface area contributed by atoms with E-state index >= 15 is 0 Å². The number of amides is 1. The summed E-state index contributed by atoms with van der Waals surface area (Å²) in [5.74, 6) is -3.53. The number of aliphatic hydroxyl groups excluding tert-OH is 1. The summed E-state index contributed by atoms with van der Waals surface area (Å²) in [4.78, 5) is 31.8. The molecule has 0 fully saturated rings. The number of hydrogen-bond donors (Lipinski definition) is 3. The van der Waals surface area contributed by atoms with E-state index in [4.69, 9.17) is 10.2 Å². The van der Waals surface area contributed by atoms with Gasteiger partial charge >= 0.3 is 5.97 Å². The molecule has 0 bridgehead atoms. The number of nitro groups is 1. The lowest BCUT2D eigenvalue weighted by atomic mass is 10.1. The molecule has 0 radical (unpaired) electrons. The van der Waals surface area contributed by atoms with Crippen LogP contribution >= 0.6 is 0 Å². The summed E-state index contributed by atoms with van der Waals surface area (Å²) in [5, 5.41) is 29.7. The first-order chi connectivity index (χ1) is 8.85. The van der Waals surface area contributed by atoms with Crippen LogP contribution in [0.3, 0.4) is 0 Å². The summed E-state index contributed by atoms with van der Waals surface area (Å²) >= 11 is 0. The van der Waals surface area contributed by atoms with Gasteiger partial charge in [0.05, 0.1) is 17.6 Å². The normalized spacial score (nSPS) is 11.7. The number of aliphatic carboxylic acids is 1. The summed E-state index contributed by atoms with van der Waals surface area (Å²) in [6.45, 7) is -0.863. The number of benzene rings is 1. The van der Waals surface area contributed by atoms with Crippen LogP contribution in [0.2, 0.25) is 0 Å². The van der Waals surface area contributed by atoms with Crippen LogP contribution in [0.25, 0.3) is 0 Å². The number of hydrogen-bond acceptors (Lipinski definition) is 5. The number of nitrogens with one attached hydrogen (secondary N) is 1. The maximum atomic E-state index is 13.1. The van der Waals surface area contributed by atoms with Crippen LogP contribution in [-0.4, -0.2) is 39.7 Å². The average Bonchev–Trinajstić information content (AvgIpc) is 2.34. The van der Waals surface area contributed by atoms with Crippen molar-refractivity contribution in [3.63, 3.8) is 0 Å². The molecule has 0 saturated carbocycles. The highest BCUT2D eigenvalue weighted by Gasteiger charge is 2.21. The topological polar surface area (TPSA) is 130 Å². The number of rotatable bonds is 5. The number of aliphatic hydroxyl groups is 1. The molecule has 0 aliphatic rings. The largest absolute Gasteiger partial charge is 0.480 e. The van der Waals surface area contributed by atoms with Gasteiger partial charge in [0.15, 0.2) is 6.04 Å². The molecule has 1 atom stereocenters. The van der Waals surface area contributed by atoms with Gasteiger partial charge in [-0.1, -0.05) is 0 Å². The molecule has 0 saturated heterocycles. The number of non-ortho nitro benzene ring substituents is 1. The summed E-state index contributed by atoms with van der Waals surface area (Å²) in [7, 11) is 0. The molecule has 0 unspecified atom stereocenters. The highest BCUT2D eigenvalue weighted by atomic mass is 19.1. The van der Waals surface area contributed by atoms with Crippen molar-refractivity contribution in [1.82, 2.24) is 5.32 Å². The van der Waals surface area contributed by atoms with Crippen molar-refractivity contribution in [1.29, 1.82) is 0 Å². The molecular formula is C10H9FN2O6. The van der Waals surface area contributed by atoms with Crippen molar-refractivity contribution in [2.24, 2.45) is 0 Å². The van der Waals surface area contributed by atoms with Gasteiger partial charge in [-0.05, 0) is 6.07 Å². The Morgan fingerprint density at radius 1 is 1.42 bits per heavy atom. The van der Waals surface area contributed by atoms with Crippen LogP contribution < -0.4 is 5.32 Å². The van der Waals surface area contributed by atoms with Gasteiger partial charge in [0.25, 0.3) is 11.6 Å². The Morgan fingerprint density at radius 2 is 2.05 bits per heavy atom. The van der Waals surface area contributed by atoms with Crippen molar-refractivity contribution >= 4 is 17.6 Å². The standard InChI is InChI=1S/C10H9FN2O6/c11-6-1-5(2-7(3-6)13(18)19)9(15)12-8(4-14)10(16)17/h1-3,8,14H,4H2,(H,12,15)(H,16,17)/t8-/m1/s1. The quantitative estimate of drug-likeness (QED) is 0.507. The Morgan fingerprint density at radius 3 is 2.53 bits per heavy atom. The Balaban J connectivity index is 2.99. The summed E-state index contributed by atoms with van der Waals surface area (Å²) in [6, 6.07) is 0.569. The zero-order valence-corrected chi connectivity index (χ0v) is 9.37. The maximum Gasteiger partial charge on any atom is 0.328 e. The van der Waals surface area contributed by atoms with Gasteiger partial charge in [-0.25, -0.2) is 9.18 Å². The van der Waals surface area contributed by atoms with Gasteiger partial charge in [-0.15, -0.1) is 0 Å². The van der Waals surface area contributed by atoms with E-state index in [2.05, 4.69) is 0 Å². The third-order valence-corrected chi connectivity index (χ3v) is 2.14. The SMILES string of the molecule is O=C(N[C@H](CO)C(=O)O)c1cc(F)cc([N+](=O)[O-])c1. The van der Waals surface area contributed by atoms with Crippen LogP contribution in [0.5, 0.6) is 0 Å². The van der Waals surface area contributed by atoms with Gasteiger partial charge in [-0.2, -0.15) is 0 Å². The Labute approximate surface area is 105 Å². The van der Waals surface area contributed by atoms with Gasteiger partial charge in [0.1, 0.15) is 5.82 Å². The lowest BCUT2D eigenvalue weighted by Gasteiger charge is -2.11. The molecule has 102 valence electrons. The first-order valence-corrected chi connectivity index (χ1v) is 4.94. The fourth-order valence-electron chi connectivity index (χ4n) is 1.24. The average molecular weight is 272 g/mol. The summed E-state index contributed by atoms with van der Waals surface area (Å²) < 4.78 is 13.1. The van der Waals surface area contributed by atoms with Crippen molar-refractivity contribution in [3.05, 3.63) is 39.7 Å². The van der Waals surface area contributed by atoms with E-state index in [1.165, 1.54) is 0 Å². The van der Waals surface area contributed by atoms with E-state index in [1.807, 2.05) is 5.32 Å². The molecule has 3 N–H and O–H groups in total. The summed E-state index contributed by atoms with van der Waals surface area (Å²) in [5.41, 5.74) is -1.05. The molecule has 0 heterocycles. The number of carboxylic acid groups (broad SMARTS) is 1. The lowest BCUT2D eigenvalue weighted by molar-refractivity contribution is -0.385. The van der Waals surface area contributed by atoms with Gasteiger partial charge in [0, 0.05) is 11.6 Å². The number of carbonyl (C=O) groups excluding carboxylic acids is 1. The van der Waals surface area contributed by atoms with E-state index in [0.29, 0.717) is 6.07 Å². The Bertz CT molecular complexity index is 533. The minimum atomic E-state index is -1.57. The number of carboxylic acids is 1. The molecule has 0 spiro atoms. The van der Waals surface area contributed by atoms with Crippen molar-refractivity contribution < 1.29 is 29.1 Å². The van der Waals surface area contributed by atoms with Crippen molar-refractivity contribution in [2.45, 2.75) is 6.04 Å². The number of nitro benzene ring substituents is 1. The van der Waals surface area contributed by atoms with E-state index in [-0.39, 0.29) is 0 Å².